The molecule has 0 heterocycles. The maximum Gasteiger partial charge on any atom is 0.0323 e. The van der Waals surface area contributed by atoms with Gasteiger partial charge >= 0.3 is 0 Å². The summed E-state index contributed by atoms with van der Waals surface area (Å²) in [5.41, 5.74) is 9.28. The van der Waals surface area contributed by atoms with Gasteiger partial charge < -0.3 is 5.73 Å². The molecule has 2 N–H and O–H groups in total. The minimum absolute atomic E-state index is 0.240. The molecule has 0 aliphatic heterocycles. The lowest BCUT2D eigenvalue weighted by Crippen LogP contribution is -2.26. The highest BCUT2D eigenvalue weighted by molar-refractivity contribution is 5.26. The maximum atomic E-state index is 6.50. The monoisotopic (exact) mass is 245 g/mol. The molecule has 0 amide bonds. The highest BCUT2D eigenvalue weighted by Crippen LogP contribution is 2.35. The average molecular weight is 245 g/mol. The van der Waals surface area contributed by atoms with Crippen molar-refractivity contribution in [2.24, 2.45) is 17.6 Å². The standard InChI is InChI=1S/C17H27N/c1-3-6-14-8-5-10-16(12-14)17(18)15-9-4-7-13(2)11-15/h5,8,10,12-13,15,17H,3-4,6-7,9,11,18H2,1-2H3. The Bertz CT molecular complexity index is 372. The highest BCUT2D eigenvalue weighted by atomic mass is 14.7. The number of benzene rings is 1. The summed E-state index contributed by atoms with van der Waals surface area (Å²) in [5, 5.41) is 0. The molecule has 1 fully saturated rings. The average Bonchev–Trinajstić information content (AvgIpc) is 2.39. The number of hydrogen-bond donors (Lipinski definition) is 1. The summed E-state index contributed by atoms with van der Waals surface area (Å²) in [6, 6.07) is 9.18. The van der Waals surface area contributed by atoms with Crippen LogP contribution in [0, 0.1) is 11.8 Å². The molecule has 1 aliphatic rings. The Morgan fingerprint density at radius 2 is 2.17 bits per heavy atom. The van der Waals surface area contributed by atoms with Gasteiger partial charge in [0.25, 0.3) is 0 Å². The first-order valence-electron chi connectivity index (χ1n) is 7.55. The Morgan fingerprint density at radius 1 is 1.33 bits per heavy atom. The summed E-state index contributed by atoms with van der Waals surface area (Å²) in [4.78, 5) is 0. The van der Waals surface area contributed by atoms with Crippen LogP contribution in [-0.2, 0) is 6.42 Å². The largest absolute Gasteiger partial charge is 0.324 e. The minimum Gasteiger partial charge on any atom is -0.324 e. The molecule has 3 unspecified atom stereocenters. The molecule has 0 radical (unpaired) electrons. The van der Waals surface area contributed by atoms with Gasteiger partial charge in [0, 0.05) is 6.04 Å². The second kappa shape index (κ2) is 6.38. The normalized spacial score (nSPS) is 25.9. The molecule has 1 aliphatic carbocycles. The van der Waals surface area contributed by atoms with Crippen molar-refractivity contribution in [3.05, 3.63) is 35.4 Å². The fourth-order valence-electron chi connectivity index (χ4n) is 3.32. The Kier molecular flexibility index (Phi) is 4.82. The summed E-state index contributed by atoms with van der Waals surface area (Å²) in [6.07, 6.45) is 7.73. The van der Waals surface area contributed by atoms with Crippen LogP contribution in [0.1, 0.15) is 63.1 Å². The second-order valence-electron chi connectivity index (χ2n) is 6.05. The van der Waals surface area contributed by atoms with Crippen LogP contribution in [0.2, 0.25) is 0 Å². The predicted octanol–water partition coefficient (Wildman–Crippen LogP) is 4.47. The van der Waals surface area contributed by atoms with Crippen molar-refractivity contribution >= 4 is 0 Å². The Labute approximate surface area is 112 Å². The van der Waals surface area contributed by atoms with Crippen LogP contribution in [0.3, 0.4) is 0 Å². The van der Waals surface area contributed by atoms with E-state index >= 15 is 0 Å². The molecule has 0 spiro atoms. The van der Waals surface area contributed by atoms with Gasteiger partial charge in [-0.05, 0) is 42.2 Å². The minimum atomic E-state index is 0.240. The predicted molar refractivity (Wildman–Crippen MR) is 78.5 cm³/mol. The summed E-state index contributed by atoms with van der Waals surface area (Å²) in [6.45, 7) is 4.60. The van der Waals surface area contributed by atoms with E-state index in [0.29, 0.717) is 5.92 Å². The number of rotatable bonds is 4. The molecule has 1 heteroatoms. The summed E-state index contributed by atoms with van der Waals surface area (Å²) in [5.74, 6) is 1.54. The molecule has 1 nitrogen and oxygen atoms in total. The van der Waals surface area contributed by atoms with E-state index in [1.807, 2.05) is 0 Å². The zero-order valence-corrected chi connectivity index (χ0v) is 11.9. The SMILES string of the molecule is CCCc1cccc(C(N)C2CCCC(C)C2)c1. The summed E-state index contributed by atoms with van der Waals surface area (Å²) >= 11 is 0. The van der Waals surface area contributed by atoms with Crippen LogP contribution in [0.25, 0.3) is 0 Å². The fraction of sp³-hybridized carbons (Fsp3) is 0.647. The molecule has 3 atom stereocenters. The zero-order valence-electron chi connectivity index (χ0n) is 11.9. The number of nitrogens with two attached hydrogens (primary N) is 1. The molecule has 100 valence electrons. The first-order chi connectivity index (χ1) is 8.70. The van der Waals surface area contributed by atoms with Crippen molar-refractivity contribution in [1.29, 1.82) is 0 Å². The van der Waals surface area contributed by atoms with Crippen LogP contribution in [-0.4, -0.2) is 0 Å². The molecular formula is C17H27N. The molecule has 1 aromatic carbocycles. The maximum absolute atomic E-state index is 6.50. The van der Waals surface area contributed by atoms with Crippen molar-refractivity contribution < 1.29 is 0 Å². The lowest BCUT2D eigenvalue weighted by Gasteiger charge is -2.31. The van der Waals surface area contributed by atoms with Crippen molar-refractivity contribution in [2.45, 2.75) is 58.4 Å². The lowest BCUT2D eigenvalue weighted by atomic mass is 9.77. The summed E-state index contributed by atoms with van der Waals surface area (Å²) < 4.78 is 0. The molecular weight excluding hydrogens is 218 g/mol. The van der Waals surface area contributed by atoms with E-state index in [1.54, 1.807) is 0 Å². The van der Waals surface area contributed by atoms with Gasteiger partial charge in [-0.1, -0.05) is 57.4 Å². The first kappa shape index (κ1) is 13.6. The smallest absolute Gasteiger partial charge is 0.0323 e. The Hall–Kier alpha value is -0.820. The molecule has 1 aromatic rings. The van der Waals surface area contributed by atoms with Gasteiger partial charge in [-0.2, -0.15) is 0 Å². The molecule has 18 heavy (non-hydrogen) atoms. The van der Waals surface area contributed by atoms with Gasteiger partial charge in [-0.15, -0.1) is 0 Å². The van der Waals surface area contributed by atoms with Crippen LogP contribution >= 0.6 is 0 Å². The van der Waals surface area contributed by atoms with Gasteiger partial charge in [-0.3, -0.25) is 0 Å². The van der Waals surface area contributed by atoms with E-state index in [1.165, 1.54) is 49.7 Å². The topological polar surface area (TPSA) is 26.0 Å². The van der Waals surface area contributed by atoms with Gasteiger partial charge in [0.15, 0.2) is 0 Å². The second-order valence-corrected chi connectivity index (χ2v) is 6.05. The quantitative estimate of drug-likeness (QED) is 0.832. The summed E-state index contributed by atoms with van der Waals surface area (Å²) in [7, 11) is 0. The van der Waals surface area contributed by atoms with E-state index < -0.39 is 0 Å². The van der Waals surface area contributed by atoms with Crippen LogP contribution < -0.4 is 5.73 Å². The fourth-order valence-corrected chi connectivity index (χ4v) is 3.32. The third-order valence-electron chi connectivity index (χ3n) is 4.36. The molecule has 0 bridgehead atoms. The van der Waals surface area contributed by atoms with E-state index in [2.05, 4.69) is 38.1 Å². The third kappa shape index (κ3) is 3.35. The number of hydrogen-bond acceptors (Lipinski definition) is 1. The zero-order chi connectivity index (χ0) is 13.0. The van der Waals surface area contributed by atoms with Crippen molar-refractivity contribution in [3.63, 3.8) is 0 Å². The Balaban J connectivity index is 2.07. The van der Waals surface area contributed by atoms with Gasteiger partial charge in [0.2, 0.25) is 0 Å². The Morgan fingerprint density at radius 3 is 2.89 bits per heavy atom. The van der Waals surface area contributed by atoms with Gasteiger partial charge in [0.05, 0.1) is 0 Å². The van der Waals surface area contributed by atoms with Crippen molar-refractivity contribution in [1.82, 2.24) is 0 Å². The van der Waals surface area contributed by atoms with Gasteiger partial charge in [-0.25, -0.2) is 0 Å². The van der Waals surface area contributed by atoms with Crippen LogP contribution in [0.5, 0.6) is 0 Å². The van der Waals surface area contributed by atoms with E-state index in [9.17, 15) is 0 Å². The number of aryl methyl sites for hydroxylation is 1. The third-order valence-corrected chi connectivity index (χ3v) is 4.36. The van der Waals surface area contributed by atoms with Crippen molar-refractivity contribution in [3.8, 4) is 0 Å². The lowest BCUT2D eigenvalue weighted by molar-refractivity contribution is 0.248. The van der Waals surface area contributed by atoms with Crippen molar-refractivity contribution in [2.75, 3.05) is 0 Å². The molecule has 0 saturated heterocycles. The highest BCUT2D eigenvalue weighted by Gasteiger charge is 2.25. The molecule has 0 aromatic heterocycles. The van der Waals surface area contributed by atoms with E-state index in [4.69, 9.17) is 5.73 Å². The van der Waals surface area contributed by atoms with E-state index in [0.717, 1.165) is 5.92 Å². The molecule has 1 saturated carbocycles. The molecule has 2 rings (SSSR count). The van der Waals surface area contributed by atoms with E-state index in [-0.39, 0.29) is 6.04 Å². The first-order valence-corrected chi connectivity index (χ1v) is 7.55. The van der Waals surface area contributed by atoms with Crippen LogP contribution in [0.4, 0.5) is 0 Å². The van der Waals surface area contributed by atoms with Gasteiger partial charge in [0.1, 0.15) is 0 Å². The van der Waals surface area contributed by atoms with Crippen LogP contribution in [0.15, 0.2) is 24.3 Å².